The number of carbonyl (C=O) groups excluding carboxylic acids is 1. The summed E-state index contributed by atoms with van der Waals surface area (Å²) in [5.74, 6) is 2.50. The van der Waals surface area contributed by atoms with E-state index in [0.29, 0.717) is 12.1 Å². The molecule has 0 radical (unpaired) electrons. The van der Waals surface area contributed by atoms with Crippen LogP contribution in [0.4, 0.5) is 0 Å². The first-order valence-corrected chi connectivity index (χ1v) is 9.68. The maximum absolute atomic E-state index is 12.2. The number of benzene rings is 1. The van der Waals surface area contributed by atoms with Gasteiger partial charge < -0.3 is 4.90 Å². The lowest BCUT2D eigenvalue weighted by Gasteiger charge is -2.20. The molecule has 1 aromatic carbocycles. The van der Waals surface area contributed by atoms with E-state index in [0.717, 1.165) is 24.9 Å². The third-order valence-corrected chi connectivity index (χ3v) is 4.20. The van der Waals surface area contributed by atoms with Crippen LogP contribution in [0.25, 0.3) is 0 Å². The van der Waals surface area contributed by atoms with E-state index in [9.17, 15) is 4.79 Å². The van der Waals surface area contributed by atoms with Crippen molar-refractivity contribution >= 4 is 28.5 Å². The highest BCUT2D eigenvalue weighted by atomic mass is 127. The molecule has 0 fully saturated rings. The number of amides is 1. The molecule has 0 saturated carbocycles. The lowest BCUT2D eigenvalue weighted by molar-refractivity contribution is -0.125. The summed E-state index contributed by atoms with van der Waals surface area (Å²) in [5.41, 5.74) is 1.66. The van der Waals surface area contributed by atoms with Crippen LogP contribution in [-0.4, -0.2) is 17.4 Å². The van der Waals surface area contributed by atoms with Crippen LogP contribution < -0.4 is 0 Å². The average Bonchev–Trinajstić information content (AvgIpc) is 2.60. The highest BCUT2D eigenvalue weighted by Gasteiger charge is 2.11. The van der Waals surface area contributed by atoms with E-state index >= 15 is 0 Å². The molecule has 3 nitrogen and oxygen atoms in total. The topological polar surface area (TPSA) is 44.1 Å². The van der Waals surface area contributed by atoms with Crippen molar-refractivity contribution in [1.29, 1.82) is 5.26 Å². The number of carbonyl (C=O) groups is 1. The Morgan fingerprint density at radius 1 is 1.08 bits per heavy atom. The van der Waals surface area contributed by atoms with Gasteiger partial charge in [-0.3, -0.25) is 4.79 Å². The summed E-state index contributed by atoms with van der Waals surface area (Å²) in [6.07, 6.45) is 8.57. The first-order valence-electron chi connectivity index (χ1n) is 8.60. The van der Waals surface area contributed by atoms with E-state index < -0.39 is 0 Å². The molecule has 0 atom stereocenters. The van der Waals surface area contributed by atoms with Gasteiger partial charge in [0.05, 0.1) is 11.6 Å². The predicted octanol–water partition coefficient (Wildman–Crippen LogP) is 5.03. The zero-order chi connectivity index (χ0) is 17.6. The standard InChI is InChI=1S/C20H25IN2O/c1-2-3-4-5-6-7-8-15-23(20(24)13-14-21)17-19-11-9-18(16-22)10-12-19/h9-12H,2-8,15,17H2,1H3. The largest absolute Gasteiger partial charge is 0.328 e. The molecule has 24 heavy (non-hydrogen) atoms. The fourth-order valence-corrected chi connectivity index (χ4v) is 2.77. The summed E-state index contributed by atoms with van der Waals surface area (Å²) in [7, 11) is 0. The number of unbranched alkanes of at least 4 members (excludes halogenated alkanes) is 6. The first-order chi connectivity index (χ1) is 11.7. The Hall–Kier alpha value is -1.53. The Kier molecular flexibility index (Phi) is 11.0. The molecule has 0 aromatic heterocycles. The number of halogens is 1. The van der Waals surface area contributed by atoms with Gasteiger partial charge in [0.15, 0.2) is 0 Å². The van der Waals surface area contributed by atoms with Gasteiger partial charge in [0, 0.05) is 41.6 Å². The molecule has 0 bridgehead atoms. The van der Waals surface area contributed by atoms with Crippen LogP contribution in [0.5, 0.6) is 0 Å². The molecule has 0 spiro atoms. The van der Waals surface area contributed by atoms with Crippen LogP contribution in [0.2, 0.25) is 0 Å². The number of rotatable bonds is 10. The van der Waals surface area contributed by atoms with Crippen molar-refractivity contribution in [3.63, 3.8) is 0 Å². The number of hydrogen-bond donors (Lipinski definition) is 0. The van der Waals surface area contributed by atoms with Crippen molar-refractivity contribution in [2.45, 2.75) is 58.4 Å². The Labute approximate surface area is 159 Å². The van der Waals surface area contributed by atoms with Gasteiger partial charge in [-0.25, -0.2) is 0 Å². The summed E-state index contributed by atoms with van der Waals surface area (Å²) in [4.78, 5) is 14.0. The quantitative estimate of drug-likeness (QED) is 0.293. The Morgan fingerprint density at radius 3 is 2.29 bits per heavy atom. The third-order valence-electron chi connectivity index (χ3n) is 3.93. The van der Waals surface area contributed by atoms with Gasteiger partial charge in [-0.15, -0.1) is 0 Å². The maximum Gasteiger partial charge on any atom is 0.299 e. The van der Waals surface area contributed by atoms with Crippen LogP contribution in [0.1, 0.15) is 63.0 Å². The summed E-state index contributed by atoms with van der Waals surface area (Å²) < 4.78 is 2.66. The molecule has 0 unspecified atom stereocenters. The summed E-state index contributed by atoms with van der Waals surface area (Å²) >= 11 is 1.90. The molecule has 0 heterocycles. The summed E-state index contributed by atoms with van der Waals surface area (Å²) in [6, 6.07) is 9.49. The number of nitriles is 1. The lowest BCUT2D eigenvalue weighted by Crippen LogP contribution is -2.30. The molecule has 0 saturated heterocycles. The van der Waals surface area contributed by atoms with Crippen LogP contribution in [0.15, 0.2) is 24.3 Å². The van der Waals surface area contributed by atoms with E-state index in [1.807, 2.05) is 34.7 Å². The van der Waals surface area contributed by atoms with Crippen molar-refractivity contribution in [1.82, 2.24) is 4.90 Å². The van der Waals surface area contributed by atoms with Gasteiger partial charge in [0.25, 0.3) is 5.91 Å². The molecule has 0 N–H and O–H groups in total. The molecular weight excluding hydrogens is 411 g/mol. The monoisotopic (exact) mass is 436 g/mol. The molecule has 0 aliphatic rings. The zero-order valence-electron chi connectivity index (χ0n) is 14.4. The van der Waals surface area contributed by atoms with E-state index in [2.05, 4.69) is 22.8 Å². The van der Waals surface area contributed by atoms with Crippen molar-refractivity contribution in [2.75, 3.05) is 6.54 Å². The maximum atomic E-state index is 12.2. The predicted molar refractivity (Wildman–Crippen MR) is 106 cm³/mol. The lowest BCUT2D eigenvalue weighted by atomic mass is 10.1. The van der Waals surface area contributed by atoms with Crippen molar-refractivity contribution in [3.05, 3.63) is 35.4 Å². The normalized spacial score (nSPS) is 9.71. The molecule has 4 heteroatoms. The average molecular weight is 436 g/mol. The van der Waals surface area contributed by atoms with Crippen molar-refractivity contribution in [2.24, 2.45) is 0 Å². The summed E-state index contributed by atoms with van der Waals surface area (Å²) in [6.45, 7) is 3.50. The van der Waals surface area contributed by atoms with Crippen LogP contribution in [0, 0.1) is 21.2 Å². The second-order valence-electron chi connectivity index (χ2n) is 5.88. The van der Waals surface area contributed by atoms with E-state index in [1.165, 1.54) is 32.1 Å². The zero-order valence-corrected chi connectivity index (χ0v) is 16.5. The molecule has 0 aliphatic carbocycles. The summed E-state index contributed by atoms with van der Waals surface area (Å²) in [5, 5.41) is 8.86. The third kappa shape index (κ3) is 8.36. The number of nitrogens with zero attached hydrogens (tertiary/aromatic N) is 2. The molecule has 1 rings (SSSR count). The highest BCUT2D eigenvalue weighted by Crippen LogP contribution is 2.11. The highest BCUT2D eigenvalue weighted by molar-refractivity contribution is 14.1. The van der Waals surface area contributed by atoms with E-state index in [1.54, 1.807) is 17.0 Å². The molecular formula is C20H25IN2O. The van der Waals surface area contributed by atoms with Gasteiger partial charge in [0.1, 0.15) is 0 Å². The Balaban J connectivity index is 2.49. The molecule has 128 valence electrons. The second kappa shape index (κ2) is 12.8. The van der Waals surface area contributed by atoms with E-state index in [-0.39, 0.29) is 5.91 Å². The van der Waals surface area contributed by atoms with Gasteiger partial charge in [-0.05, 0) is 28.0 Å². The van der Waals surface area contributed by atoms with Gasteiger partial charge in [0.2, 0.25) is 0 Å². The van der Waals surface area contributed by atoms with Crippen molar-refractivity contribution in [3.8, 4) is 15.9 Å². The number of hydrogen-bond acceptors (Lipinski definition) is 2. The fourth-order valence-electron chi connectivity index (χ4n) is 2.54. The smallest absolute Gasteiger partial charge is 0.299 e. The second-order valence-corrected chi connectivity index (χ2v) is 6.42. The molecule has 0 aliphatic heterocycles. The Morgan fingerprint density at radius 2 is 1.71 bits per heavy atom. The van der Waals surface area contributed by atoms with Gasteiger partial charge in [-0.1, -0.05) is 57.6 Å². The Bertz CT molecular complexity index is 593. The minimum Gasteiger partial charge on any atom is -0.328 e. The molecule has 1 aromatic rings. The first kappa shape index (κ1) is 20.5. The SMILES string of the molecule is CCCCCCCCCN(Cc1ccc(C#N)cc1)C(=O)C#CI. The van der Waals surface area contributed by atoms with Crippen molar-refractivity contribution < 1.29 is 4.79 Å². The minimum absolute atomic E-state index is 0.125. The van der Waals surface area contributed by atoms with Gasteiger partial charge in [-0.2, -0.15) is 5.26 Å². The van der Waals surface area contributed by atoms with Crippen LogP contribution in [-0.2, 0) is 11.3 Å². The van der Waals surface area contributed by atoms with Crippen LogP contribution in [0.3, 0.4) is 0 Å². The minimum atomic E-state index is -0.125. The van der Waals surface area contributed by atoms with Crippen LogP contribution >= 0.6 is 22.6 Å². The molecule has 1 amide bonds. The van der Waals surface area contributed by atoms with E-state index in [4.69, 9.17) is 5.26 Å². The fraction of sp³-hybridized carbons (Fsp3) is 0.500. The van der Waals surface area contributed by atoms with Gasteiger partial charge >= 0.3 is 0 Å².